The summed E-state index contributed by atoms with van der Waals surface area (Å²) >= 11 is 0. The molecule has 0 saturated heterocycles. The van der Waals surface area contributed by atoms with E-state index in [0.29, 0.717) is 11.5 Å². The smallest absolute Gasteiger partial charge is 0.135 e. The van der Waals surface area contributed by atoms with Gasteiger partial charge in [-0.15, -0.1) is 48.1 Å². The molecule has 0 bridgehead atoms. The molecule has 2 aromatic heterocycles. The number of aromatic nitrogens is 2. The second-order valence-corrected chi connectivity index (χ2v) is 21.4. The zero-order chi connectivity index (χ0) is 45.5. The van der Waals surface area contributed by atoms with Crippen molar-refractivity contribution in [3.63, 3.8) is 0 Å². The van der Waals surface area contributed by atoms with E-state index in [0.717, 1.165) is 61.5 Å². The number of benzene rings is 6. The van der Waals surface area contributed by atoms with Crippen LogP contribution >= 0.6 is 0 Å². The Morgan fingerprint density at radius 3 is 1.91 bits per heavy atom. The van der Waals surface area contributed by atoms with E-state index in [1.54, 1.807) is 6.07 Å². The van der Waals surface area contributed by atoms with Gasteiger partial charge in [0, 0.05) is 66.9 Å². The number of hydrogen-bond donors (Lipinski definition) is 0. The molecule has 0 spiro atoms. The summed E-state index contributed by atoms with van der Waals surface area (Å²) in [5, 5.41) is 1.65. The standard InChI is InChI=1S/C58H58FN4O.Pt/c1-55(2,3)38-17-13-16-37(28-38)47-20-15-21-51-54(47)62(44-30-40(57(7,8)9)29-41(31-44)58(10,11)12)36-61(51)43-18-14-19-45(34-43)64-46-23-24-48-49-33-42(59)22-25-50(49)63(52(48)35-46)53-32-39(26-27-60-53)56(4,5)6;/h13-33,36H,1-12H3;/q-3;. The fourth-order valence-electron chi connectivity index (χ4n) is 8.56. The SMILES string of the molecule is CC(C)(C)c1cccc(-c2cccc3c2N(c2cc(C(C)(C)C)cc(C(C)(C)C)c2)[CH-]N3c2[c-]c(Oc3[c-]c4c(cc3)c3cc(F)ccc3n4-c3cc(C(C)(C)C)ccn3)ccc2)c1.[Pt]. The quantitative estimate of drug-likeness (QED) is 0.155. The third-order valence-electron chi connectivity index (χ3n) is 12.4. The molecule has 7 heteroatoms. The van der Waals surface area contributed by atoms with E-state index in [2.05, 4.69) is 184 Å². The Hall–Kier alpha value is -5.71. The molecule has 5 nitrogen and oxygen atoms in total. The minimum atomic E-state index is -0.296. The van der Waals surface area contributed by atoms with E-state index in [4.69, 9.17) is 9.72 Å². The maximum Gasteiger partial charge on any atom is 0.135 e. The maximum absolute atomic E-state index is 14.8. The van der Waals surface area contributed by atoms with Crippen LogP contribution in [0.15, 0.2) is 128 Å². The summed E-state index contributed by atoms with van der Waals surface area (Å²) in [5.41, 5.74) is 12.8. The molecule has 0 unspecified atom stereocenters. The number of fused-ring (bicyclic) bond motifs is 4. The number of pyridine rings is 1. The summed E-state index contributed by atoms with van der Waals surface area (Å²) in [7, 11) is 0. The van der Waals surface area contributed by atoms with Gasteiger partial charge in [-0.1, -0.05) is 131 Å². The van der Waals surface area contributed by atoms with Crippen molar-refractivity contribution < 1.29 is 30.2 Å². The molecule has 0 radical (unpaired) electrons. The van der Waals surface area contributed by atoms with E-state index in [9.17, 15) is 4.39 Å². The van der Waals surface area contributed by atoms with Gasteiger partial charge >= 0.3 is 0 Å². The van der Waals surface area contributed by atoms with Crippen LogP contribution in [0.1, 0.15) is 105 Å². The third-order valence-corrected chi connectivity index (χ3v) is 12.4. The van der Waals surface area contributed by atoms with Crippen LogP contribution in [0, 0.1) is 24.6 Å². The van der Waals surface area contributed by atoms with E-state index < -0.39 is 0 Å². The Morgan fingerprint density at radius 1 is 0.569 bits per heavy atom. The molecule has 9 rings (SSSR count). The fraction of sp³-hybridized carbons (Fsp3) is 0.276. The van der Waals surface area contributed by atoms with Crippen LogP contribution in [-0.4, -0.2) is 9.55 Å². The number of rotatable bonds is 6. The van der Waals surface area contributed by atoms with Crippen LogP contribution in [0.4, 0.5) is 27.1 Å². The van der Waals surface area contributed by atoms with Gasteiger partial charge < -0.3 is 19.1 Å². The first-order chi connectivity index (χ1) is 30.1. The summed E-state index contributed by atoms with van der Waals surface area (Å²) in [5.74, 6) is 1.50. The minimum absolute atomic E-state index is 0. The maximum atomic E-state index is 14.8. The number of anilines is 4. The summed E-state index contributed by atoms with van der Waals surface area (Å²) in [6.07, 6.45) is 1.84. The molecular weight excluding hydrogens is 983 g/mol. The molecule has 1 aliphatic heterocycles. The molecule has 0 aliphatic carbocycles. The van der Waals surface area contributed by atoms with Crippen molar-refractivity contribution >= 4 is 44.6 Å². The van der Waals surface area contributed by atoms with Gasteiger partial charge in [0.2, 0.25) is 0 Å². The molecule has 0 N–H and O–H groups in total. The molecular formula is C58H58FN4OPt-3. The molecule has 0 amide bonds. The van der Waals surface area contributed by atoms with Crippen LogP contribution in [0.2, 0.25) is 0 Å². The topological polar surface area (TPSA) is 33.5 Å². The summed E-state index contributed by atoms with van der Waals surface area (Å²) in [6.45, 7) is 29.2. The van der Waals surface area contributed by atoms with Gasteiger partial charge in [0.05, 0.1) is 0 Å². The van der Waals surface area contributed by atoms with Crippen molar-refractivity contribution in [1.29, 1.82) is 0 Å². The van der Waals surface area contributed by atoms with Gasteiger partial charge in [0.1, 0.15) is 11.6 Å². The molecule has 0 atom stereocenters. The molecule has 8 aromatic rings. The number of nitrogens with zero attached hydrogens (tertiary/aromatic N) is 4. The van der Waals surface area contributed by atoms with E-state index >= 15 is 0 Å². The Bertz CT molecular complexity index is 3050. The van der Waals surface area contributed by atoms with Gasteiger partial charge in [0.15, 0.2) is 0 Å². The van der Waals surface area contributed by atoms with Crippen LogP contribution in [0.5, 0.6) is 11.5 Å². The average molecular weight is 1040 g/mol. The Balaban J connectivity index is 0.00000576. The zero-order valence-electron chi connectivity index (χ0n) is 39.6. The molecule has 336 valence electrons. The first-order valence-electron chi connectivity index (χ1n) is 22.3. The van der Waals surface area contributed by atoms with Gasteiger partial charge in [-0.05, 0) is 103 Å². The van der Waals surface area contributed by atoms with Crippen molar-refractivity contribution in [2.75, 3.05) is 9.80 Å². The van der Waals surface area contributed by atoms with Gasteiger partial charge in [-0.2, -0.15) is 12.1 Å². The zero-order valence-corrected chi connectivity index (χ0v) is 41.9. The van der Waals surface area contributed by atoms with Crippen molar-refractivity contribution in [1.82, 2.24) is 9.55 Å². The van der Waals surface area contributed by atoms with Crippen molar-refractivity contribution in [2.24, 2.45) is 0 Å². The van der Waals surface area contributed by atoms with Crippen molar-refractivity contribution in [2.45, 2.75) is 105 Å². The number of hydrogen-bond acceptors (Lipinski definition) is 4. The number of halogens is 1. The van der Waals surface area contributed by atoms with Crippen LogP contribution in [0.3, 0.4) is 0 Å². The largest absolute Gasteiger partial charge is 0.509 e. The summed E-state index contributed by atoms with van der Waals surface area (Å²) in [4.78, 5) is 9.37. The third kappa shape index (κ3) is 8.87. The Morgan fingerprint density at radius 2 is 1.22 bits per heavy atom. The van der Waals surface area contributed by atoms with Gasteiger partial charge in [0.25, 0.3) is 0 Å². The first kappa shape index (κ1) is 45.8. The van der Waals surface area contributed by atoms with Crippen LogP contribution in [0.25, 0.3) is 38.8 Å². The molecule has 65 heavy (non-hydrogen) atoms. The summed E-state index contributed by atoms with van der Waals surface area (Å²) in [6, 6.07) is 48.7. The Kier molecular flexibility index (Phi) is 11.7. The fourth-order valence-corrected chi connectivity index (χ4v) is 8.56. The minimum Gasteiger partial charge on any atom is -0.509 e. The molecule has 6 aromatic carbocycles. The van der Waals surface area contributed by atoms with Crippen molar-refractivity contribution in [3.8, 4) is 28.4 Å². The average Bonchev–Trinajstić information content (AvgIpc) is 3.78. The van der Waals surface area contributed by atoms with E-state index in [1.807, 2.05) is 47.2 Å². The van der Waals surface area contributed by atoms with E-state index in [1.165, 1.54) is 28.3 Å². The second-order valence-electron chi connectivity index (χ2n) is 21.4. The summed E-state index contributed by atoms with van der Waals surface area (Å²) < 4.78 is 23.5. The monoisotopic (exact) mass is 1040 g/mol. The van der Waals surface area contributed by atoms with Crippen LogP contribution in [-0.2, 0) is 42.7 Å². The predicted molar refractivity (Wildman–Crippen MR) is 264 cm³/mol. The molecule has 3 heterocycles. The number of ether oxygens (including phenoxy) is 1. The molecule has 0 saturated carbocycles. The predicted octanol–water partition coefficient (Wildman–Crippen LogP) is 16.0. The van der Waals surface area contributed by atoms with Gasteiger partial charge in [-0.3, -0.25) is 0 Å². The molecule has 1 aliphatic rings. The normalized spacial score (nSPS) is 13.4. The second kappa shape index (κ2) is 16.6. The molecule has 0 fully saturated rings. The van der Waals surface area contributed by atoms with Crippen molar-refractivity contribution in [3.05, 3.63) is 174 Å². The van der Waals surface area contributed by atoms with E-state index in [-0.39, 0.29) is 48.5 Å². The Labute approximate surface area is 399 Å². The first-order valence-corrected chi connectivity index (χ1v) is 22.3. The van der Waals surface area contributed by atoms with Crippen LogP contribution < -0.4 is 14.5 Å². The number of para-hydroxylation sites is 1. The van der Waals surface area contributed by atoms with Gasteiger partial charge in [-0.25, -0.2) is 9.37 Å².